The van der Waals surface area contributed by atoms with E-state index in [4.69, 9.17) is 35.6 Å². The van der Waals surface area contributed by atoms with Gasteiger partial charge >= 0.3 is 0 Å². The zero-order valence-electron chi connectivity index (χ0n) is 18.7. The maximum atomic E-state index is 6.47. The van der Waals surface area contributed by atoms with Crippen LogP contribution in [-0.2, 0) is 0 Å². The van der Waals surface area contributed by atoms with E-state index in [1.165, 1.54) is 0 Å². The number of hydrogen-bond donors (Lipinski definition) is 0. The Bertz CT molecular complexity index is 1210. The van der Waals surface area contributed by atoms with Crippen LogP contribution >= 0.6 is 11.6 Å². The molecule has 170 valence electrons. The van der Waals surface area contributed by atoms with Gasteiger partial charge in [-0.15, -0.1) is 0 Å². The van der Waals surface area contributed by atoms with Gasteiger partial charge in [-0.05, 0) is 48.9 Å². The maximum Gasteiger partial charge on any atom is 0.217 e. The monoisotopic (exact) mass is 464 g/mol. The highest BCUT2D eigenvalue weighted by Crippen LogP contribution is 2.50. The van der Waals surface area contributed by atoms with E-state index >= 15 is 0 Å². The van der Waals surface area contributed by atoms with Gasteiger partial charge in [-0.2, -0.15) is 5.10 Å². The van der Waals surface area contributed by atoms with Gasteiger partial charge in [0, 0.05) is 12.0 Å². The summed E-state index contributed by atoms with van der Waals surface area (Å²) < 4.78 is 23.3. The molecule has 0 saturated heterocycles. The number of rotatable bonds is 6. The molecular formula is C26H25ClN2O4. The largest absolute Gasteiger partial charge is 0.493 e. The van der Waals surface area contributed by atoms with Crippen LogP contribution in [0, 0.1) is 0 Å². The number of hydrazone groups is 1. The van der Waals surface area contributed by atoms with E-state index < -0.39 is 6.23 Å². The summed E-state index contributed by atoms with van der Waals surface area (Å²) in [5.41, 5.74) is 3.86. The second kappa shape index (κ2) is 8.87. The molecule has 33 heavy (non-hydrogen) atoms. The van der Waals surface area contributed by atoms with Crippen LogP contribution in [0.15, 0.2) is 65.8 Å². The zero-order valence-corrected chi connectivity index (χ0v) is 19.5. The molecule has 0 unspecified atom stereocenters. The van der Waals surface area contributed by atoms with Crippen molar-refractivity contribution in [3.8, 4) is 23.0 Å². The predicted octanol–water partition coefficient (Wildman–Crippen LogP) is 6.00. The first kappa shape index (κ1) is 21.5. The van der Waals surface area contributed by atoms with Crippen molar-refractivity contribution in [3.05, 3.63) is 82.4 Å². The van der Waals surface area contributed by atoms with Crippen molar-refractivity contribution in [3.63, 3.8) is 0 Å². The molecule has 7 heteroatoms. The van der Waals surface area contributed by atoms with Gasteiger partial charge in [0.25, 0.3) is 0 Å². The smallest absolute Gasteiger partial charge is 0.217 e. The minimum atomic E-state index is -0.467. The average Bonchev–Trinajstić information content (AvgIpc) is 3.30. The number of methoxy groups -OCH3 is 2. The maximum absolute atomic E-state index is 6.47. The number of hydrogen-bond acceptors (Lipinski definition) is 6. The molecule has 2 aliphatic rings. The van der Waals surface area contributed by atoms with E-state index in [-0.39, 0.29) is 6.04 Å². The molecule has 3 aromatic carbocycles. The SMILES string of the molecule is CCOc1ccc(C2=NN3[C@@H](C2)c2ccccc2O[C@H]3c2cccc(OC)c2OC)cc1Cl. The lowest BCUT2D eigenvalue weighted by Crippen LogP contribution is -2.34. The van der Waals surface area contributed by atoms with Gasteiger partial charge in [0.2, 0.25) is 6.23 Å². The normalized spacial score (nSPS) is 18.7. The van der Waals surface area contributed by atoms with Crippen LogP contribution in [0.25, 0.3) is 0 Å². The van der Waals surface area contributed by atoms with Crippen molar-refractivity contribution in [1.82, 2.24) is 5.01 Å². The van der Waals surface area contributed by atoms with Crippen LogP contribution in [0.5, 0.6) is 23.0 Å². The van der Waals surface area contributed by atoms with Crippen molar-refractivity contribution in [2.45, 2.75) is 25.6 Å². The van der Waals surface area contributed by atoms with Gasteiger partial charge in [-0.3, -0.25) is 0 Å². The molecule has 0 bridgehead atoms. The molecule has 2 aliphatic heterocycles. The molecule has 0 spiro atoms. The van der Waals surface area contributed by atoms with Crippen molar-refractivity contribution in [1.29, 1.82) is 0 Å². The lowest BCUT2D eigenvalue weighted by atomic mass is 9.95. The Balaban J connectivity index is 1.59. The summed E-state index contributed by atoms with van der Waals surface area (Å²) in [7, 11) is 3.26. The van der Waals surface area contributed by atoms with E-state index in [1.807, 2.05) is 66.5 Å². The summed E-state index contributed by atoms with van der Waals surface area (Å²) in [4.78, 5) is 0. The third kappa shape index (κ3) is 3.74. The summed E-state index contributed by atoms with van der Waals surface area (Å²) in [6.07, 6.45) is 0.263. The Kier molecular flexibility index (Phi) is 5.77. The van der Waals surface area contributed by atoms with E-state index in [2.05, 4.69) is 6.07 Å². The molecule has 0 radical (unpaired) electrons. The van der Waals surface area contributed by atoms with E-state index in [1.54, 1.807) is 14.2 Å². The summed E-state index contributed by atoms with van der Waals surface area (Å²) in [6.45, 7) is 2.50. The molecule has 0 amide bonds. The number of fused-ring (bicyclic) bond motifs is 3. The first-order valence-electron chi connectivity index (χ1n) is 10.9. The van der Waals surface area contributed by atoms with Gasteiger partial charge < -0.3 is 18.9 Å². The third-order valence-electron chi connectivity index (χ3n) is 5.96. The molecular weight excluding hydrogens is 440 g/mol. The van der Waals surface area contributed by atoms with Crippen LogP contribution in [0.2, 0.25) is 5.02 Å². The zero-order chi connectivity index (χ0) is 22.9. The van der Waals surface area contributed by atoms with Gasteiger partial charge in [-0.25, -0.2) is 5.01 Å². The third-order valence-corrected chi connectivity index (χ3v) is 6.26. The first-order valence-corrected chi connectivity index (χ1v) is 11.3. The Morgan fingerprint density at radius 2 is 1.82 bits per heavy atom. The molecule has 0 aromatic heterocycles. The topological polar surface area (TPSA) is 52.5 Å². The second-order valence-corrected chi connectivity index (χ2v) is 8.22. The van der Waals surface area contributed by atoms with Crippen molar-refractivity contribution in [2.24, 2.45) is 5.10 Å². The van der Waals surface area contributed by atoms with Gasteiger partial charge in [-0.1, -0.05) is 35.9 Å². The van der Waals surface area contributed by atoms with Crippen LogP contribution in [0.1, 0.15) is 42.3 Å². The van der Waals surface area contributed by atoms with Crippen molar-refractivity contribution >= 4 is 17.3 Å². The Morgan fingerprint density at radius 1 is 1.00 bits per heavy atom. The van der Waals surface area contributed by atoms with Crippen LogP contribution in [-0.4, -0.2) is 31.5 Å². The summed E-state index contributed by atoms with van der Waals surface area (Å²) in [5.74, 6) is 2.80. The van der Waals surface area contributed by atoms with Crippen LogP contribution in [0.4, 0.5) is 0 Å². The van der Waals surface area contributed by atoms with Crippen molar-refractivity contribution in [2.75, 3.05) is 20.8 Å². The molecule has 0 fully saturated rings. The van der Waals surface area contributed by atoms with Crippen molar-refractivity contribution < 1.29 is 18.9 Å². The molecule has 0 N–H and O–H groups in total. The fourth-order valence-corrected chi connectivity index (χ4v) is 4.71. The Morgan fingerprint density at radius 3 is 2.58 bits per heavy atom. The number of halogens is 1. The molecule has 3 aromatic rings. The van der Waals surface area contributed by atoms with Crippen LogP contribution < -0.4 is 18.9 Å². The highest BCUT2D eigenvalue weighted by atomic mass is 35.5. The van der Waals surface area contributed by atoms with Gasteiger partial charge in [0.05, 0.1) is 43.2 Å². The molecule has 5 rings (SSSR count). The van der Waals surface area contributed by atoms with E-state index in [9.17, 15) is 0 Å². The predicted molar refractivity (Wildman–Crippen MR) is 128 cm³/mol. The second-order valence-electron chi connectivity index (χ2n) is 7.82. The minimum absolute atomic E-state index is 0.0243. The molecule has 6 nitrogen and oxygen atoms in total. The molecule has 0 aliphatic carbocycles. The molecule has 2 atom stereocenters. The lowest BCUT2D eigenvalue weighted by Gasteiger charge is -2.38. The molecule has 2 heterocycles. The summed E-state index contributed by atoms with van der Waals surface area (Å²) >= 11 is 6.47. The first-order chi connectivity index (χ1) is 16.1. The van der Waals surface area contributed by atoms with Gasteiger partial charge in [0.15, 0.2) is 11.5 Å². The lowest BCUT2D eigenvalue weighted by molar-refractivity contribution is -0.0205. The number of para-hydroxylation sites is 2. The molecule has 0 saturated carbocycles. The average molecular weight is 465 g/mol. The number of benzene rings is 3. The Labute approximate surface area is 198 Å². The number of nitrogens with zero attached hydrogens (tertiary/aromatic N) is 2. The van der Waals surface area contributed by atoms with E-state index in [0.717, 1.165) is 34.6 Å². The quantitative estimate of drug-likeness (QED) is 0.448. The highest BCUT2D eigenvalue weighted by Gasteiger charge is 2.42. The summed E-state index contributed by atoms with van der Waals surface area (Å²) in [5, 5.41) is 7.60. The highest BCUT2D eigenvalue weighted by molar-refractivity contribution is 6.32. The number of ether oxygens (including phenoxy) is 4. The standard InChI is InChI=1S/C26H25ClN2O4/c1-4-32-23-13-12-16(14-19(23)27)20-15-21-17-8-5-6-10-22(17)33-26(29(21)28-20)18-9-7-11-24(30-2)25(18)31-3/h5-14,21,26H,4,15H2,1-3H3/t21-,26-/m0/s1. The fourth-order valence-electron chi connectivity index (χ4n) is 4.47. The minimum Gasteiger partial charge on any atom is -0.493 e. The van der Waals surface area contributed by atoms with Crippen LogP contribution in [0.3, 0.4) is 0 Å². The fraction of sp³-hybridized carbons (Fsp3) is 0.269. The van der Waals surface area contributed by atoms with E-state index in [0.29, 0.717) is 28.9 Å². The Hall–Kier alpha value is -3.38. The summed E-state index contributed by atoms with van der Waals surface area (Å²) in [6, 6.07) is 19.7. The van der Waals surface area contributed by atoms with Gasteiger partial charge in [0.1, 0.15) is 11.5 Å².